The fraction of sp³-hybridized carbons (Fsp3) is 0.558. The first kappa shape index (κ1) is 67.6. The molecule has 2 aromatic carbocycles. The van der Waals surface area contributed by atoms with Gasteiger partial charge in [-0.15, -0.1) is 0 Å². The predicted octanol–water partition coefficient (Wildman–Crippen LogP) is -2.37. The third-order valence-electron chi connectivity index (χ3n) is 12.2. The second kappa shape index (κ2) is 32.4. The van der Waals surface area contributed by atoms with E-state index in [2.05, 4.69) is 60.5 Å². The first-order valence-corrected chi connectivity index (χ1v) is 26.3. The summed E-state index contributed by atoms with van der Waals surface area (Å²) in [6, 6.07) is -2.19. The van der Waals surface area contributed by atoms with Gasteiger partial charge in [0.25, 0.3) is 0 Å². The maximum absolute atomic E-state index is 14.2. The zero-order valence-electron chi connectivity index (χ0n) is 45.8. The molecule has 0 aliphatic rings. The first-order valence-electron chi connectivity index (χ1n) is 25.7. The Hall–Kier alpha value is -7.52. The Kier molecular flexibility index (Phi) is 27.7. The third-order valence-corrected chi connectivity index (χ3v) is 12.6. The van der Waals surface area contributed by atoms with Crippen LogP contribution in [0.4, 0.5) is 0 Å². The van der Waals surface area contributed by atoms with Gasteiger partial charge in [-0.1, -0.05) is 65.8 Å². The number of aliphatic hydroxyl groups excluding tert-OH is 1. The summed E-state index contributed by atoms with van der Waals surface area (Å²) >= 11 is 3.92. The second-order valence-electron chi connectivity index (χ2n) is 20.4. The van der Waals surface area contributed by atoms with Gasteiger partial charge >= 0.3 is 5.97 Å². The monoisotopic (exact) mass is 1130 g/mol. The zero-order valence-corrected chi connectivity index (χ0v) is 46.7. The van der Waals surface area contributed by atoms with Crippen LogP contribution in [0, 0.1) is 17.8 Å². The normalized spacial score (nSPS) is 15.4. The maximum Gasteiger partial charge on any atom is 0.327 e. The number of benzene rings is 2. The van der Waals surface area contributed by atoms with Crippen LogP contribution in [0.3, 0.4) is 0 Å². The number of nitrogens with one attached hydrogen (secondary N) is 9. The summed E-state index contributed by atoms with van der Waals surface area (Å²) in [5.41, 5.74) is 12.6. The van der Waals surface area contributed by atoms with Crippen molar-refractivity contribution in [1.29, 1.82) is 0 Å². The van der Waals surface area contributed by atoms with Crippen LogP contribution in [0.1, 0.15) is 92.7 Å². The standard InChI is InChI=1S/C52H79N11O15S/c1-24(2)20-36(59-45(70)34(53)21-30-10-14-32(65)15-11-30)48(73)61-40(25(3)4)49(74)56-27(7)43(68)58-37(22-31-12-16-33(66)17-13-31)47(72)57-35(18-19-39(54)67)46(71)55-28(8)44(69)63-42(29(9)64)51(76)62-41(26(5)6)50(75)60-38(23-79)52(77)78/h10-17,24-29,34-38,40-42,64-66,79H,18-23,53H2,1-9H3,(H2,54,67)(H,55,71)(H,56,74)(H,57,72)(H,58,68)(H,59,70)(H,60,75)(H,61,73)(H,62,76)(H,63,69)(H,77,78)/t27-,28-,29+,34-,35-,36-,37-,38-,40-,41-,42-/m0/s1. The lowest BCUT2D eigenvalue weighted by Gasteiger charge is -2.29. The number of aliphatic hydroxyl groups is 1. The number of rotatable bonds is 32. The van der Waals surface area contributed by atoms with Crippen LogP contribution < -0.4 is 59.3 Å². The van der Waals surface area contributed by atoms with Crippen LogP contribution in [0.25, 0.3) is 0 Å². The van der Waals surface area contributed by atoms with E-state index in [1.165, 1.54) is 50.2 Å². The Balaban J connectivity index is 2.30. The molecule has 0 radical (unpaired) electrons. The van der Waals surface area contributed by atoms with Gasteiger partial charge in [-0.05, 0) is 93.2 Å². The van der Waals surface area contributed by atoms with Gasteiger partial charge in [0.1, 0.15) is 65.9 Å². The number of carboxylic acid groups (broad SMARTS) is 1. The van der Waals surface area contributed by atoms with E-state index in [4.69, 9.17) is 11.5 Å². The molecule has 0 aromatic heterocycles. The highest BCUT2D eigenvalue weighted by Gasteiger charge is 2.36. The van der Waals surface area contributed by atoms with Crippen LogP contribution in [0.15, 0.2) is 48.5 Å². The van der Waals surface area contributed by atoms with Crippen molar-refractivity contribution in [1.82, 2.24) is 47.9 Å². The molecule has 0 saturated carbocycles. The Labute approximate surface area is 464 Å². The van der Waals surface area contributed by atoms with Gasteiger partial charge in [0.2, 0.25) is 59.1 Å². The number of aliphatic carboxylic acids is 1. The minimum atomic E-state index is -1.71. The molecule has 11 atom stereocenters. The molecular formula is C52H79N11O15S. The molecule has 0 heterocycles. The van der Waals surface area contributed by atoms with E-state index in [1.807, 2.05) is 13.8 Å². The molecule has 0 spiro atoms. The van der Waals surface area contributed by atoms with Crippen molar-refractivity contribution in [2.24, 2.45) is 29.2 Å². The minimum Gasteiger partial charge on any atom is -0.508 e. The minimum absolute atomic E-state index is 0.0332. The van der Waals surface area contributed by atoms with Gasteiger partial charge in [-0.2, -0.15) is 12.6 Å². The van der Waals surface area contributed by atoms with E-state index < -0.39 is 156 Å². The molecule has 2 aromatic rings. The summed E-state index contributed by atoms with van der Waals surface area (Å²) in [6.07, 6.45) is -2.44. The molecule has 0 bridgehead atoms. The molecule has 0 aliphatic heterocycles. The number of carbonyl (C=O) groups is 11. The van der Waals surface area contributed by atoms with Crippen molar-refractivity contribution in [3.63, 3.8) is 0 Å². The number of aromatic hydroxyl groups is 2. The third kappa shape index (κ3) is 23.2. The van der Waals surface area contributed by atoms with E-state index in [0.29, 0.717) is 11.1 Å². The van der Waals surface area contributed by atoms with Crippen LogP contribution in [0.5, 0.6) is 11.5 Å². The lowest BCUT2D eigenvalue weighted by molar-refractivity contribution is -0.142. The SMILES string of the molecule is CC(C)C[C@H](NC(=O)[C@@H](N)Cc1ccc(O)cc1)C(=O)N[C@H](C(=O)N[C@@H](C)C(=O)N[C@@H](Cc1ccc(O)cc1)C(=O)N[C@@H](CCC(N)=O)C(=O)N[C@@H](C)C(=O)N[C@H](C(=O)N[C@H](C(=O)N[C@@H](CS)C(=O)O)C(C)C)[C@@H](C)O)C(C)C. The van der Waals surface area contributed by atoms with Crippen molar-refractivity contribution in [2.45, 2.75) is 161 Å². The molecule has 26 nitrogen and oxygen atoms in total. The maximum atomic E-state index is 14.2. The average Bonchev–Trinajstić information content (AvgIpc) is 3.36. The smallest absolute Gasteiger partial charge is 0.327 e. The molecule has 17 N–H and O–H groups in total. The van der Waals surface area contributed by atoms with E-state index in [1.54, 1.807) is 39.8 Å². The molecule has 0 fully saturated rings. The Morgan fingerprint density at radius 2 is 0.861 bits per heavy atom. The fourth-order valence-electron chi connectivity index (χ4n) is 7.61. The first-order chi connectivity index (χ1) is 36.8. The van der Waals surface area contributed by atoms with Crippen LogP contribution >= 0.6 is 12.6 Å². The highest BCUT2D eigenvalue weighted by molar-refractivity contribution is 7.80. The number of amides is 10. The summed E-state index contributed by atoms with van der Waals surface area (Å²) in [4.78, 5) is 146. The van der Waals surface area contributed by atoms with E-state index >= 15 is 0 Å². The molecule has 2 rings (SSSR count). The predicted molar refractivity (Wildman–Crippen MR) is 291 cm³/mol. The van der Waals surface area contributed by atoms with Crippen molar-refractivity contribution < 1.29 is 73.2 Å². The zero-order chi connectivity index (χ0) is 60.0. The lowest BCUT2D eigenvalue weighted by Crippen LogP contribution is -2.62. The van der Waals surface area contributed by atoms with Gasteiger partial charge in [-0.25, -0.2) is 4.79 Å². The number of nitrogens with two attached hydrogens (primary N) is 2. The number of hydrogen-bond acceptors (Lipinski definition) is 16. The summed E-state index contributed by atoms with van der Waals surface area (Å²) in [5.74, 6) is -11.9. The molecule has 79 heavy (non-hydrogen) atoms. The largest absolute Gasteiger partial charge is 0.508 e. The number of phenolic OH excluding ortho intramolecular Hbond substituents is 2. The number of phenols is 2. The summed E-state index contributed by atoms with van der Waals surface area (Å²) < 4.78 is 0. The Bertz CT molecular complexity index is 2440. The van der Waals surface area contributed by atoms with Crippen molar-refractivity contribution in [3.8, 4) is 11.5 Å². The molecule has 438 valence electrons. The molecule has 0 aliphatic carbocycles. The Morgan fingerprint density at radius 3 is 1.32 bits per heavy atom. The number of primary amides is 1. The fourth-order valence-corrected chi connectivity index (χ4v) is 7.85. The van der Waals surface area contributed by atoms with Gasteiger partial charge in [0, 0.05) is 18.6 Å². The second-order valence-corrected chi connectivity index (χ2v) is 20.8. The van der Waals surface area contributed by atoms with Crippen molar-refractivity contribution in [3.05, 3.63) is 59.7 Å². The van der Waals surface area contributed by atoms with E-state index in [0.717, 1.165) is 6.92 Å². The summed E-state index contributed by atoms with van der Waals surface area (Å²) in [7, 11) is 0. The highest BCUT2D eigenvalue weighted by Crippen LogP contribution is 2.15. The molecule has 10 amide bonds. The van der Waals surface area contributed by atoms with E-state index in [9.17, 15) is 73.2 Å². The topological polar surface area (TPSA) is 429 Å². The van der Waals surface area contributed by atoms with Crippen molar-refractivity contribution in [2.75, 3.05) is 5.75 Å². The molecular weight excluding hydrogens is 1050 g/mol. The number of carbonyl (C=O) groups excluding carboxylic acids is 10. The summed E-state index contributed by atoms with van der Waals surface area (Å²) in [6.45, 7) is 13.7. The van der Waals surface area contributed by atoms with Gasteiger partial charge in [0.05, 0.1) is 12.1 Å². The van der Waals surface area contributed by atoms with Crippen LogP contribution in [-0.4, -0.2) is 158 Å². The number of thiol groups is 1. The van der Waals surface area contributed by atoms with Crippen LogP contribution in [0.2, 0.25) is 0 Å². The molecule has 0 unspecified atom stereocenters. The van der Waals surface area contributed by atoms with Crippen molar-refractivity contribution >= 4 is 77.7 Å². The van der Waals surface area contributed by atoms with Gasteiger partial charge < -0.3 is 79.7 Å². The molecule has 0 saturated heterocycles. The average molecular weight is 1130 g/mol. The lowest BCUT2D eigenvalue weighted by atomic mass is 9.99. The van der Waals surface area contributed by atoms with E-state index in [-0.39, 0.29) is 42.4 Å². The molecule has 27 heteroatoms. The quantitative estimate of drug-likeness (QED) is 0.0341. The number of hydrogen-bond donors (Lipinski definition) is 16. The van der Waals surface area contributed by atoms with Gasteiger partial charge in [0.15, 0.2) is 0 Å². The van der Waals surface area contributed by atoms with Gasteiger partial charge in [-0.3, -0.25) is 47.9 Å². The highest BCUT2D eigenvalue weighted by atomic mass is 32.1. The Morgan fingerprint density at radius 1 is 0.481 bits per heavy atom. The summed E-state index contributed by atoms with van der Waals surface area (Å²) in [5, 5.41) is 61.6. The number of carboxylic acids is 1. The van der Waals surface area contributed by atoms with Crippen LogP contribution in [-0.2, 0) is 65.6 Å².